The van der Waals surface area contributed by atoms with Gasteiger partial charge in [0.05, 0.1) is 23.3 Å². The van der Waals surface area contributed by atoms with Gasteiger partial charge in [-0.2, -0.15) is 0 Å². The van der Waals surface area contributed by atoms with Crippen LogP contribution in [0.3, 0.4) is 0 Å². The zero-order chi connectivity index (χ0) is 18.8. The summed E-state index contributed by atoms with van der Waals surface area (Å²) in [6, 6.07) is 17.5. The molecule has 0 aliphatic carbocycles. The highest BCUT2D eigenvalue weighted by Crippen LogP contribution is 2.24. The van der Waals surface area contributed by atoms with Crippen molar-refractivity contribution in [1.82, 2.24) is 9.97 Å². The van der Waals surface area contributed by atoms with E-state index in [9.17, 15) is 4.79 Å². The average Bonchev–Trinajstić information content (AvgIpc) is 3.02. The minimum Gasteiger partial charge on any atom is -0.441 e. The summed E-state index contributed by atoms with van der Waals surface area (Å²) in [7, 11) is 0. The lowest BCUT2D eigenvalue weighted by Crippen LogP contribution is -2.15. The summed E-state index contributed by atoms with van der Waals surface area (Å²) in [6.07, 6.45) is 1.86. The van der Waals surface area contributed by atoms with Gasteiger partial charge in [-0.15, -0.1) is 0 Å². The molecule has 0 spiro atoms. The van der Waals surface area contributed by atoms with Crippen LogP contribution in [0.2, 0.25) is 0 Å². The van der Waals surface area contributed by atoms with E-state index in [1.165, 1.54) is 0 Å². The smallest absolute Gasteiger partial charge is 0.230 e. The number of fused-ring (bicyclic) bond motifs is 1. The molecular formula is C22H19N3O2. The summed E-state index contributed by atoms with van der Waals surface area (Å²) < 4.78 is 5.77. The van der Waals surface area contributed by atoms with Crippen LogP contribution in [0.15, 0.2) is 65.2 Å². The Morgan fingerprint density at radius 2 is 1.89 bits per heavy atom. The highest BCUT2D eigenvalue weighted by molar-refractivity contribution is 6.00. The van der Waals surface area contributed by atoms with E-state index in [0.29, 0.717) is 23.0 Å². The Morgan fingerprint density at radius 3 is 2.74 bits per heavy atom. The number of hydrogen-bond acceptors (Lipinski definition) is 4. The molecule has 0 saturated carbocycles. The molecule has 0 radical (unpaired) electrons. The largest absolute Gasteiger partial charge is 0.441 e. The fourth-order valence-electron chi connectivity index (χ4n) is 3.05. The van der Waals surface area contributed by atoms with Crippen molar-refractivity contribution in [1.29, 1.82) is 0 Å². The number of oxazole rings is 1. The first-order valence-electron chi connectivity index (χ1n) is 8.77. The average molecular weight is 357 g/mol. The molecule has 5 heteroatoms. The molecule has 2 aromatic heterocycles. The quantitative estimate of drug-likeness (QED) is 0.575. The van der Waals surface area contributed by atoms with E-state index in [-0.39, 0.29) is 12.3 Å². The van der Waals surface area contributed by atoms with Crippen LogP contribution in [0.1, 0.15) is 17.0 Å². The third-order valence-electron chi connectivity index (χ3n) is 4.39. The number of carbonyl (C=O) groups is 1. The molecule has 0 fully saturated rings. The lowest BCUT2D eigenvalue weighted by molar-refractivity contribution is -0.115. The lowest BCUT2D eigenvalue weighted by Gasteiger charge is -2.07. The molecule has 5 nitrogen and oxygen atoms in total. The summed E-state index contributed by atoms with van der Waals surface area (Å²) in [5, 5.41) is 3.92. The van der Waals surface area contributed by atoms with E-state index >= 15 is 0 Å². The standard InChI is InChI=1S/C22H19N3O2/c1-14-6-3-8-17(12-14)22-25-19(15(2)27-22)13-20(26)24-18-10-4-7-16-9-5-11-23-21(16)18/h3-12H,13H2,1-2H3,(H,24,26). The Bertz CT molecular complexity index is 1130. The van der Waals surface area contributed by atoms with E-state index in [0.717, 1.165) is 22.0 Å². The summed E-state index contributed by atoms with van der Waals surface area (Å²) in [5.74, 6) is 1.03. The van der Waals surface area contributed by atoms with E-state index in [1.807, 2.05) is 68.4 Å². The van der Waals surface area contributed by atoms with Crippen LogP contribution >= 0.6 is 0 Å². The minimum absolute atomic E-state index is 0.143. The molecule has 0 bridgehead atoms. The SMILES string of the molecule is Cc1cccc(-c2nc(CC(=O)Nc3cccc4cccnc34)c(C)o2)c1. The highest BCUT2D eigenvalue weighted by Gasteiger charge is 2.15. The number of pyridine rings is 1. The second-order valence-corrected chi connectivity index (χ2v) is 6.50. The number of aryl methyl sites for hydroxylation is 2. The van der Waals surface area contributed by atoms with Crippen LogP contribution in [-0.2, 0) is 11.2 Å². The van der Waals surface area contributed by atoms with Crippen LogP contribution in [0, 0.1) is 13.8 Å². The number of nitrogens with one attached hydrogen (secondary N) is 1. The molecule has 4 rings (SSSR count). The van der Waals surface area contributed by atoms with E-state index < -0.39 is 0 Å². The maximum Gasteiger partial charge on any atom is 0.230 e. The van der Waals surface area contributed by atoms with E-state index in [4.69, 9.17) is 4.42 Å². The van der Waals surface area contributed by atoms with Gasteiger partial charge in [0.15, 0.2) is 0 Å². The summed E-state index contributed by atoms with van der Waals surface area (Å²) >= 11 is 0. The Morgan fingerprint density at radius 1 is 1.07 bits per heavy atom. The van der Waals surface area contributed by atoms with Crippen LogP contribution in [-0.4, -0.2) is 15.9 Å². The molecule has 1 N–H and O–H groups in total. The Kier molecular flexibility index (Phi) is 4.42. The van der Waals surface area contributed by atoms with Crippen LogP contribution < -0.4 is 5.32 Å². The molecule has 27 heavy (non-hydrogen) atoms. The maximum absolute atomic E-state index is 12.6. The van der Waals surface area contributed by atoms with Crippen LogP contribution in [0.4, 0.5) is 5.69 Å². The molecular weight excluding hydrogens is 338 g/mol. The van der Waals surface area contributed by atoms with Gasteiger partial charge in [-0.1, -0.05) is 35.9 Å². The summed E-state index contributed by atoms with van der Waals surface area (Å²) in [4.78, 5) is 21.4. The number of hydrogen-bond donors (Lipinski definition) is 1. The number of aromatic nitrogens is 2. The van der Waals surface area contributed by atoms with Gasteiger partial charge in [-0.05, 0) is 38.1 Å². The van der Waals surface area contributed by atoms with Crippen molar-refractivity contribution in [2.45, 2.75) is 20.3 Å². The first-order chi connectivity index (χ1) is 13.1. The van der Waals surface area contributed by atoms with Gasteiger partial charge in [0.1, 0.15) is 5.76 Å². The Hall–Kier alpha value is -3.47. The number of para-hydroxylation sites is 1. The second-order valence-electron chi connectivity index (χ2n) is 6.50. The topological polar surface area (TPSA) is 68.0 Å². The van der Waals surface area contributed by atoms with Crippen molar-refractivity contribution in [3.63, 3.8) is 0 Å². The van der Waals surface area contributed by atoms with E-state index in [2.05, 4.69) is 15.3 Å². The van der Waals surface area contributed by atoms with Crippen molar-refractivity contribution in [3.05, 3.63) is 77.8 Å². The molecule has 0 aliphatic heterocycles. The number of carbonyl (C=O) groups excluding carboxylic acids is 1. The number of amides is 1. The van der Waals surface area contributed by atoms with Gasteiger partial charge in [-0.25, -0.2) is 4.98 Å². The summed E-state index contributed by atoms with van der Waals surface area (Å²) in [5.41, 5.74) is 4.13. The fourth-order valence-corrected chi connectivity index (χ4v) is 3.05. The van der Waals surface area contributed by atoms with Gasteiger partial charge in [-0.3, -0.25) is 9.78 Å². The Labute approximate surface area is 157 Å². The zero-order valence-electron chi connectivity index (χ0n) is 15.2. The minimum atomic E-state index is -0.152. The van der Waals surface area contributed by atoms with Gasteiger partial charge < -0.3 is 9.73 Å². The third-order valence-corrected chi connectivity index (χ3v) is 4.39. The molecule has 0 atom stereocenters. The predicted molar refractivity (Wildman–Crippen MR) is 105 cm³/mol. The zero-order valence-corrected chi connectivity index (χ0v) is 15.2. The maximum atomic E-state index is 12.6. The summed E-state index contributed by atoms with van der Waals surface area (Å²) in [6.45, 7) is 3.85. The van der Waals surface area contributed by atoms with Gasteiger partial charge in [0.2, 0.25) is 11.8 Å². The molecule has 0 saturated heterocycles. The molecule has 4 aromatic rings. The van der Waals surface area contributed by atoms with E-state index in [1.54, 1.807) is 6.20 Å². The van der Waals surface area contributed by atoms with Crippen LogP contribution in [0.25, 0.3) is 22.4 Å². The normalized spacial score (nSPS) is 10.9. The number of anilines is 1. The lowest BCUT2D eigenvalue weighted by atomic mass is 10.1. The number of benzene rings is 2. The molecule has 2 aromatic carbocycles. The third kappa shape index (κ3) is 3.58. The van der Waals surface area contributed by atoms with Crippen LogP contribution in [0.5, 0.6) is 0 Å². The monoisotopic (exact) mass is 357 g/mol. The van der Waals surface area contributed by atoms with Crippen molar-refractivity contribution >= 4 is 22.5 Å². The Balaban J connectivity index is 1.55. The molecule has 0 unspecified atom stereocenters. The molecule has 0 aliphatic rings. The first kappa shape index (κ1) is 17.0. The number of rotatable bonds is 4. The first-order valence-corrected chi connectivity index (χ1v) is 8.77. The van der Waals surface area contributed by atoms with Crippen molar-refractivity contribution in [2.75, 3.05) is 5.32 Å². The van der Waals surface area contributed by atoms with Crippen molar-refractivity contribution in [2.24, 2.45) is 0 Å². The van der Waals surface area contributed by atoms with Gasteiger partial charge in [0.25, 0.3) is 0 Å². The highest BCUT2D eigenvalue weighted by atomic mass is 16.4. The van der Waals surface area contributed by atoms with Crippen molar-refractivity contribution in [3.8, 4) is 11.5 Å². The molecule has 1 amide bonds. The van der Waals surface area contributed by atoms with Gasteiger partial charge >= 0.3 is 0 Å². The predicted octanol–water partition coefficient (Wildman–Crippen LogP) is 4.69. The number of nitrogens with zero attached hydrogens (tertiary/aromatic N) is 2. The van der Waals surface area contributed by atoms with Crippen molar-refractivity contribution < 1.29 is 9.21 Å². The fraction of sp³-hybridized carbons (Fsp3) is 0.136. The van der Waals surface area contributed by atoms with Gasteiger partial charge in [0, 0.05) is 17.1 Å². The second kappa shape index (κ2) is 7.03. The molecule has 134 valence electrons. The molecule has 2 heterocycles.